The van der Waals surface area contributed by atoms with Crippen molar-refractivity contribution >= 4 is 5.96 Å². The van der Waals surface area contributed by atoms with Crippen LogP contribution in [0.4, 0.5) is 0 Å². The number of benzene rings is 1. The first-order valence-corrected chi connectivity index (χ1v) is 6.81. The number of nitrogens with one attached hydrogen (secondary N) is 1. The van der Waals surface area contributed by atoms with Crippen molar-refractivity contribution in [1.82, 2.24) is 5.32 Å². The number of guanidine groups is 1. The highest BCUT2D eigenvalue weighted by Gasteiger charge is 2.04. The molecule has 0 atom stereocenters. The van der Waals surface area contributed by atoms with Gasteiger partial charge in [0.05, 0.1) is 20.8 Å². The summed E-state index contributed by atoms with van der Waals surface area (Å²) in [7, 11) is 3.26. The Labute approximate surface area is 121 Å². The van der Waals surface area contributed by atoms with Gasteiger partial charge in [-0.15, -0.1) is 0 Å². The molecule has 5 heteroatoms. The van der Waals surface area contributed by atoms with Crippen LogP contribution in [0.3, 0.4) is 0 Å². The van der Waals surface area contributed by atoms with Gasteiger partial charge in [0.1, 0.15) is 11.5 Å². The Morgan fingerprint density at radius 2 is 2.05 bits per heavy atom. The lowest BCUT2D eigenvalue weighted by Crippen LogP contribution is -2.32. The van der Waals surface area contributed by atoms with E-state index in [4.69, 9.17) is 15.2 Å². The van der Waals surface area contributed by atoms with E-state index in [9.17, 15) is 0 Å². The first-order chi connectivity index (χ1) is 9.56. The molecule has 0 saturated carbocycles. The Balaban J connectivity index is 2.59. The van der Waals surface area contributed by atoms with Gasteiger partial charge < -0.3 is 20.5 Å². The molecule has 0 unspecified atom stereocenters. The Morgan fingerprint density at radius 1 is 1.30 bits per heavy atom. The Hall–Kier alpha value is -1.91. The van der Waals surface area contributed by atoms with Crippen LogP contribution in [0.15, 0.2) is 23.2 Å². The molecular weight excluding hydrogens is 254 g/mol. The fraction of sp³-hybridized carbons (Fsp3) is 0.533. The molecule has 0 bridgehead atoms. The molecule has 5 nitrogen and oxygen atoms in total. The number of rotatable bonds is 7. The summed E-state index contributed by atoms with van der Waals surface area (Å²) in [6.45, 7) is 5.68. The summed E-state index contributed by atoms with van der Waals surface area (Å²) in [5.41, 5.74) is 6.80. The Kier molecular flexibility index (Phi) is 6.70. The molecule has 0 aliphatic heterocycles. The molecular formula is C15H25N3O2. The third kappa shape index (κ3) is 5.38. The molecule has 0 heterocycles. The predicted molar refractivity (Wildman–Crippen MR) is 82.3 cm³/mol. The molecule has 0 saturated heterocycles. The third-order valence-corrected chi connectivity index (χ3v) is 2.94. The van der Waals surface area contributed by atoms with Crippen LogP contribution >= 0.6 is 0 Å². The molecule has 0 aliphatic rings. The van der Waals surface area contributed by atoms with Gasteiger partial charge in [0.15, 0.2) is 5.96 Å². The number of aliphatic imine (C=N–C) groups is 1. The van der Waals surface area contributed by atoms with E-state index in [0.29, 0.717) is 18.4 Å². The summed E-state index contributed by atoms with van der Waals surface area (Å²) in [6.07, 6.45) is 1.07. The summed E-state index contributed by atoms with van der Waals surface area (Å²) >= 11 is 0. The zero-order valence-corrected chi connectivity index (χ0v) is 12.8. The van der Waals surface area contributed by atoms with Crippen molar-refractivity contribution < 1.29 is 9.47 Å². The van der Waals surface area contributed by atoms with Gasteiger partial charge in [-0.05, 0) is 24.5 Å². The summed E-state index contributed by atoms with van der Waals surface area (Å²) in [5.74, 6) is 2.63. The monoisotopic (exact) mass is 279 g/mol. The SMILES string of the molecule is COc1ccc(CN=C(N)NCCC(C)C)c(OC)c1. The highest BCUT2D eigenvalue weighted by atomic mass is 16.5. The van der Waals surface area contributed by atoms with Crippen molar-refractivity contribution in [3.8, 4) is 11.5 Å². The standard InChI is InChI=1S/C15H25N3O2/c1-11(2)7-8-17-15(16)18-10-12-5-6-13(19-3)9-14(12)20-4/h5-6,9,11H,7-8,10H2,1-4H3,(H3,16,17,18). The lowest BCUT2D eigenvalue weighted by Gasteiger charge is -2.10. The van der Waals surface area contributed by atoms with Crippen molar-refractivity contribution in [1.29, 1.82) is 0 Å². The van der Waals surface area contributed by atoms with Crippen LogP contribution in [-0.4, -0.2) is 26.7 Å². The van der Waals surface area contributed by atoms with Crippen molar-refractivity contribution in [3.05, 3.63) is 23.8 Å². The average Bonchev–Trinajstić information content (AvgIpc) is 2.44. The largest absolute Gasteiger partial charge is 0.497 e. The second-order valence-corrected chi connectivity index (χ2v) is 4.99. The van der Waals surface area contributed by atoms with Crippen LogP contribution in [-0.2, 0) is 6.54 Å². The fourth-order valence-electron chi connectivity index (χ4n) is 1.70. The van der Waals surface area contributed by atoms with Crippen LogP contribution in [0.5, 0.6) is 11.5 Å². The van der Waals surface area contributed by atoms with Gasteiger partial charge in [-0.2, -0.15) is 0 Å². The second-order valence-electron chi connectivity index (χ2n) is 4.99. The van der Waals surface area contributed by atoms with Crippen molar-refractivity contribution in [2.24, 2.45) is 16.6 Å². The number of hydrogen-bond acceptors (Lipinski definition) is 3. The van der Waals surface area contributed by atoms with Crippen LogP contribution in [0.1, 0.15) is 25.8 Å². The third-order valence-electron chi connectivity index (χ3n) is 2.94. The highest BCUT2D eigenvalue weighted by Crippen LogP contribution is 2.24. The molecule has 20 heavy (non-hydrogen) atoms. The van der Waals surface area contributed by atoms with E-state index in [1.54, 1.807) is 14.2 Å². The lowest BCUT2D eigenvalue weighted by molar-refractivity contribution is 0.391. The van der Waals surface area contributed by atoms with Crippen LogP contribution in [0, 0.1) is 5.92 Å². The number of nitrogens with two attached hydrogens (primary N) is 1. The zero-order valence-electron chi connectivity index (χ0n) is 12.8. The average molecular weight is 279 g/mol. The van der Waals surface area contributed by atoms with E-state index in [2.05, 4.69) is 24.2 Å². The minimum absolute atomic E-state index is 0.462. The molecule has 1 rings (SSSR count). The lowest BCUT2D eigenvalue weighted by atomic mass is 10.1. The highest BCUT2D eigenvalue weighted by molar-refractivity contribution is 5.77. The van der Waals surface area contributed by atoms with Crippen molar-refractivity contribution in [2.45, 2.75) is 26.8 Å². The second kappa shape index (κ2) is 8.30. The van der Waals surface area contributed by atoms with Crippen molar-refractivity contribution in [3.63, 3.8) is 0 Å². The molecule has 0 aromatic heterocycles. The fourth-order valence-corrected chi connectivity index (χ4v) is 1.70. The quantitative estimate of drug-likeness (QED) is 0.593. The Morgan fingerprint density at radius 3 is 2.65 bits per heavy atom. The van der Waals surface area contributed by atoms with Crippen molar-refractivity contribution in [2.75, 3.05) is 20.8 Å². The van der Waals surface area contributed by atoms with E-state index in [1.165, 1.54) is 0 Å². The minimum atomic E-state index is 0.462. The first kappa shape index (κ1) is 16.1. The summed E-state index contributed by atoms with van der Waals surface area (Å²) in [5, 5.41) is 3.11. The topological polar surface area (TPSA) is 68.9 Å². The van der Waals surface area contributed by atoms with Gasteiger partial charge in [0.2, 0.25) is 0 Å². The van der Waals surface area contributed by atoms with Gasteiger partial charge in [-0.3, -0.25) is 0 Å². The Bertz CT molecular complexity index is 445. The minimum Gasteiger partial charge on any atom is -0.497 e. The molecule has 0 fully saturated rings. The van der Waals surface area contributed by atoms with Gasteiger partial charge in [0.25, 0.3) is 0 Å². The molecule has 0 radical (unpaired) electrons. The van der Waals surface area contributed by atoms with E-state index < -0.39 is 0 Å². The number of nitrogens with zero attached hydrogens (tertiary/aromatic N) is 1. The molecule has 0 aliphatic carbocycles. The predicted octanol–water partition coefficient (Wildman–Crippen LogP) is 2.15. The maximum atomic E-state index is 5.83. The van der Waals surface area contributed by atoms with E-state index in [1.807, 2.05) is 18.2 Å². The number of ether oxygens (including phenoxy) is 2. The molecule has 1 aromatic rings. The van der Waals surface area contributed by atoms with Gasteiger partial charge in [-0.25, -0.2) is 4.99 Å². The maximum Gasteiger partial charge on any atom is 0.188 e. The van der Waals surface area contributed by atoms with Crippen LogP contribution in [0.25, 0.3) is 0 Å². The van der Waals surface area contributed by atoms with Crippen LogP contribution in [0.2, 0.25) is 0 Å². The maximum absolute atomic E-state index is 5.83. The first-order valence-electron chi connectivity index (χ1n) is 6.81. The summed E-state index contributed by atoms with van der Waals surface area (Å²) in [4.78, 5) is 4.32. The molecule has 3 N–H and O–H groups in total. The molecule has 112 valence electrons. The molecule has 0 spiro atoms. The summed E-state index contributed by atoms with van der Waals surface area (Å²) < 4.78 is 10.5. The van der Waals surface area contributed by atoms with Gasteiger partial charge >= 0.3 is 0 Å². The number of methoxy groups -OCH3 is 2. The summed E-state index contributed by atoms with van der Waals surface area (Å²) in [6, 6.07) is 5.66. The van der Waals surface area contributed by atoms with Crippen LogP contribution < -0.4 is 20.5 Å². The molecule has 1 aromatic carbocycles. The number of hydrogen-bond donors (Lipinski definition) is 2. The van der Waals surface area contributed by atoms with E-state index in [0.717, 1.165) is 30.0 Å². The van der Waals surface area contributed by atoms with E-state index in [-0.39, 0.29) is 0 Å². The smallest absolute Gasteiger partial charge is 0.188 e. The molecule has 0 amide bonds. The van der Waals surface area contributed by atoms with E-state index >= 15 is 0 Å². The van der Waals surface area contributed by atoms with Gasteiger partial charge in [0, 0.05) is 18.2 Å². The zero-order chi connectivity index (χ0) is 15.0. The van der Waals surface area contributed by atoms with Gasteiger partial charge in [-0.1, -0.05) is 13.8 Å². The normalized spacial score (nSPS) is 11.6.